The van der Waals surface area contributed by atoms with Gasteiger partial charge in [0.25, 0.3) is 0 Å². The van der Waals surface area contributed by atoms with Gasteiger partial charge in [-0.1, -0.05) is 30.3 Å². The van der Waals surface area contributed by atoms with E-state index < -0.39 is 11.6 Å². The van der Waals surface area contributed by atoms with Crippen LogP contribution in [0.5, 0.6) is 11.8 Å². The lowest BCUT2D eigenvalue weighted by molar-refractivity contribution is 0.0512. The Bertz CT molecular complexity index is 1750. The van der Waals surface area contributed by atoms with Gasteiger partial charge in [0.1, 0.15) is 22.9 Å². The standard InChI is InChI=1S/C36H40F2N4O3/c1-5-30-22-10-12-24(13-11-22)42(30)34-28-18-29(37)31(27-17-25(45-21-43-4)16-23-8-6-7-9-26(23)27)32(38)33(28)39-35(40-34)44-20-36(14-15-36)19-41(2)3/h5-9,16-18,22,24,30H,1,10-15,19-21H2,2-4H3. The Morgan fingerprint density at radius 2 is 1.80 bits per heavy atom. The third-order valence-corrected chi connectivity index (χ3v) is 9.83. The summed E-state index contributed by atoms with van der Waals surface area (Å²) in [4.78, 5) is 13.9. The van der Waals surface area contributed by atoms with E-state index in [9.17, 15) is 0 Å². The van der Waals surface area contributed by atoms with Crippen molar-refractivity contribution in [2.75, 3.05) is 46.0 Å². The molecule has 4 aromatic rings. The molecule has 1 atom stereocenters. The highest BCUT2D eigenvalue weighted by Crippen LogP contribution is 2.48. The third-order valence-electron chi connectivity index (χ3n) is 9.83. The minimum Gasteiger partial charge on any atom is -0.468 e. The number of methoxy groups -OCH3 is 1. The van der Waals surface area contributed by atoms with Crippen LogP contribution in [0.15, 0.2) is 55.1 Å². The summed E-state index contributed by atoms with van der Waals surface area (Å²) in [6.07, 6.45) is 8.30. The Morgan fingerprint density at radius 3 is 2.51 bits per heavy atom. The van der Waals surface area contributed by atoms with Crippen LogP contribution in [0, 0.1) is 23.0 Å². The molecule has 3 heterocycles. The largest absolute Gasteiger partial charge is 0.468 e. The molecule has 1 unspecified atom stereocenters. The van der Waals surface area contributed by atoms with Crippen molar-refractivity contribution in [2.45, 2.75) is 50.6 Å². The van der Waals surface area contributed by atoms with Gasteiger partial charge in [-0.05, 0) is 93.1 Å². The predicted octanol–water partition coefficient (Wildman–Crippen LogP) is 7.36. The van der Waals surface area contributed by atoms with Gasteiger partial charge in [0, 0.05) is 30.5 Å². The van der Waals surface area contributed by atoms with Gasteiger partial charge in [0.2, 0.25) is 0 Å². The van der Waals surface area contributed by atoms with Crippen LogP contribution in [0.1, 0.15) is 38.5 Å². The summed E-state index contributed by atoms with van der Waals surface area (Å²) in [7, 11) is 5.63. The molecule has 45 heavy (non-hydrogen) atoms. The van der Waals surface area contributed by atoms with Crippen LogP contribution in [0.3, 0.4) is 0 Å². The Kier molecular flexibility index (Phi) is 7.86. The first-order valence-corrected chi connectivity index (χ1v) is 15.8. The van der Waals surface area contributed by atoms with Crippen molar-refractivity contribution < 1.29 is 23.0 Å². The molecule has 2 aliphatic carbocycles. The van der Waals surface area contributed by atoms with Gasteiger partial charge in [-0.2, -0.15) is 9.97 Å². The topological polar surface area (TPSA) is 60.0 Å². The zero-order chi connectivity index (χ0) is 31.3. The second-order valence-electron chi connectivity index (χ2n) is 13.2. The monoisotopic (exact) mass is 614 g/mol. The minimum atomic E-state index is -0.751. The zero-order valence-corrected chi connectivity index (χ0v) is 26.2. The van der Waals surface area contributed by atoms with Crippen LogP contribution in [0.4, 0.5) is 14.6 Å². The summed E-state index contributed by atoms with van der Waals surface area (Å²) in [6, 6.07) is 12.7. The summed E-state index contributed by atoms with van der Waals surface area (Å²) in [6.45, 7) is 5.48. The van der Waals surface area contributed by atoms with E-state index >= 15 is 8.78 Å². The molecule has 2 bridgehead atoms. The number of ether oxygens (including phenoxy) is 3. The van der Waals surface area contributed by atoms with E-state index in [4.69, 9.17) is 19.2 Å². The number of hydrogen-bond donors (Lipinski definition) is 0. The van der Waals surface area contributed by atoms with Crippen LogP contribution in [-0.4, -0.2) is 68.1 Å². The second-order valence-corrected chi connectivity index (χ2v) is 13.2. The van der Waals surface area contributed by atoms with Crippen molar-refractivity contribution in [2.24, 2.45) is 11.3 Å². The third kappa shape index (κ3) is 5.50. The van der Waals surface area contributed by atoms with Crippen LogP contribution in [0.2, 0.25) is 0 Å². The average Bonchev–Trinajstić information content (AvgIpc) is 3.81. The van der Waals surface area contributed by atoms with Crippen molar-refractivity contribution in [1.29, 1.82) is 0 Å². The second kappa shape index (κ2) is 11.8. The number of hydrogen-bond acceptors (Lipinski definition) is 7. The summed E-state index contributed by atoms with van der Waals surface area (Å²) >= 11 is 0. The predicted molar refractivity (Wildman–Crippen MR) is 173 cm³/mol. The van der Waals surface area contributed by atoms with Crippen molar-refractivity contribution >= 4 is 27.5 Å². The summed E-state index contributed by atoms with van der Waals surface area (Å²) in [5.41, 5.74) is 0.288. The lowest BCUT2D eigenvalue weighted by Crippen LogP contribution is -2.55. The first kappa shape index (κ1) is 29.9. The molecular weight excluding hydrogens is 574 g/mol. The van der Waals surface area contributed by atoms with Gasteiger partial charge in [-0.3, -0.25) is 0 Å². The number of nitrogens with zero attached hydrogens (tertiary/aromatic N) is 4. The Morgan fingerprint density at radius 1 is 1.02 bits per heavy atom. The lowest BCUT2D eigenvalue weighted by Gasteiger charge is -2.51. The Labute approximate surface area is 262 Å². The maximum absolute atomic E-state index is 17.0. The Balaban J connectivity index is 1.41. The fourth-order valence-corrected chi connectivity index (χ4v) is 7.59. The number of rotatable bonds is 11. The number of halogens is 2. The fraction of sp³-hybridized carbons (Fsp3) is 0.444. The van der Waals surface area contributed by atoms with E-state index in [-0.39, 0.29) is 41.4 Å². The molecule has 2 saturated carbocycles. The maximum Gasteiger partial charge on any atom is 0.319 e. The van der Waals surface area contributed by atoms with Gasteiger partial charge in [-0.15, -0.1) is 6.58 Å². The molecule has 0 spiro atoms. The molecule has 0 N–H and O–H groups in total. The van der Waals surface area contributed by atoms with Crippen molar-refractivity contribution in [3.05, 3.63) is 66.8 Å². The van der Waals surface area contributed by atoms with E-state index in [1.807, 2.05) is 36.4 Å². The van der Waals surface area contributed by atoms with E-state index in [0.29, 0.717) is 40.4 Å². The van der Waals surface area contributed by atoms with Gasteiger partial charge in [0.05, 0.1) is 18.2 Å². The number of fused-ring (bicyclic) bond motifs is 5. The highest BCUT2D eigenvalue weighted by molar-refractivity contribution is 6.01. The molecule has 0 radical (unpaired) electrons. The molecule has 2 saturated heterocycles. The maximum atomic E-state index is 17.0. The normalized spacial score (nSPS) is 21.9. The molecule has 4 aliphatic rings. The molecular formula is C36H40F2N4O3. The van der Waals surface area contributed by atoms with E-state index in [1.165, 1.54) is 13.2 Å². The van der Waals surface area contributed by atoms with Crippen LogP contribution in [0.25, 0.3) is 32.8 Å². The molecule has 2 aliphatic heterocycles. The lowest BCUT2D eigenvalue weighted by atomic mass is 9.74. The molecule has 7 nitrogen and oxygen atoms in total. The van der Waals surface area contributed by atoms with Crippen LogP contribution < -0.4 is 14.4 Å². The van der Waals surface area contributed by atoms with Gasteiger partial charge in [-0.25, -0.2) is 8.78 Å². The van der Waals surface area contributed by atoms with Crippen molar-refractivity contribution in [3.8, 4) is 22.9 Å². The highest BCUT2D eigenvalue weighted by Gasteiger charge is 2.45. The molecule has 236 valence electrons. The number of anilines is 1. The highest BCUT2D eigenvalue weighted by atomic mass is 19.1. The molecule has 3 aromatic carbocycles. The van der Waals surface area contributed by atoms with Gasteiger partial charge < -0.3 is 24.0 Å². The fourth-order valence-electron chi connectivity index (χ4n) is 7.59. The summed E-state index contributed by atoms with van der Waals surface area (Å²) < 4.78 is 50.5. The van der Waals surface area contributed by atoms with E-state index in [0.717, 1.165) is 50.5 Å². The number of aromatic nitrogens is 2. The molecule has 4 fully saturated rings. The summed E-state index contributed by atoms with van der Waals surface area (Å²) in [5.74, 6) is -0.0530. The number of piperidine rings is 2. The summed E-state index contributed by atoms with van der Waals surface area (Å²) in [5, 5.41) is 1.83. The first-order chi connectivity index (χ1) is 21.8. The van der Waals surface area contributed by atoms with Crippen molar-refractivity contribution in [1.82, 2.24) is 14.9 Å². The van der Waals surface area contributed by atoms with Crippen LogP contribution in [-0.2, 0) is 4.74 Å². The quantitative estimate of drug-likeness (QED) is 0.129. The molecule has 1 aromatic heterocycles. The molecule has 8 rings (SSSR count). The number of benzene rings is 3. The average molecular weight is 615 g/mol. The Hall–Kier alpha value is -3.82. The van der Waals surface area contributed by atoms with Gasteiger partial charge >= 0.3 is 6.01 Å². The molecule has 9 heteroatoms. The smallest absolute Gasteiger partial charge is 0.319 e. The minimum absolute atomic E-state index is 0.00945. The van der Waals surface area contributed by atoms with Gasteiger partial charge in [0.15, 0.2) is 12.6 Å². The van der Waals surface area contributed by atoms with E-state index in [1.54, 1.807) is 6.07 Å². The SMILES string of the molecule is C=CC1C2CCC(CC2)N1c1nc(OCC2(CN(C)C)CC2)nc2c(F)c(-c3cc(OCOC)cc4ccccc34)c(F)cc12. The van der Waals surface area contributed by atoms with Crippen molar-refractivity contribution in [3.63, 3.8) is 0 Å². The van der Waals surface area contributed by atoms with Crippen LogP contribution >= 0.6 is 0 Å². The van der Waals surface area contributed by atoms with E-state index in [2.05, 4.69) is 35.5 Å². The zero-order valence-electron chi connectivity index (χ0n) is 26.2. The molecule has 0 amide bonds. The first-order valence-electron chi connectivity index (χ1n) is 15.8.